The molecule has 3 heteroatoms. The lowest BCUT2D eigenvalue weighted by atomic mass is 9.95. The number of nitrogens with one attached hydrogen (secondary N) is 1. The number of pyridine rings is 1. The Morgan fingerprint density at radius 1 is 1.20 bits per heavy atom. The Hall–Kier alpha value is -1.25. The van der Waals surface area contributed by atoms with Crippen molar-refractivity contribution in [1.82, 2.24) is 4.98 Å². The summed E-state index contributed by atoms with van der Waals surface area (Å²) in [6.45, 7) is 0. The normalized spacial score (nSPS) is 16.8. The van der Waals surface area contributed by atoms with E-state index in [-0.39, 0.29) is 13.2 Å². The smallest absolute Gasteiger partial charge is 0.134 e. The average Bonchev–Trinajstić information content (AvgIpc) is 2.23. The quantitative estimate of drug-likeness (QED) is 0.784. The molecule has 2 N–H and O–H groups in total. The molecule has 15 heavy (non-hydrogen) atoms. The number of nitrogens with zero attached hydrogens (tertiary/aromatic N) is 1. The number of aromatic hydroxyl groups is 1. The Kier molecular flexibility index (Phi) is 4.40. The van der Waals surface area contributed by atoms with Crippen molar-refractivity contribution in [3.8, 4) is 5.75 Å². The summed E-state index contributed by atoms with van der Waals surface area (Å²) >= 11 is 0. The van der Waals surface area contributed by atoms with Crippen LogP contribution in [0.2, 0.25) is 0 Å². The first kappa shape index (κ1) is 11.8. The fourth-order valence-electron chi connectivity index (χ4n) is 1.93. The predicted molar refractivity (Wildman–Crippen MR) is 63.1 cm³/mol. The maximum atomic E-state index is 9.07. The SMILES string of the molecule is C.Oc1ccc(NC2CCCCC2)nc1. The zero-order valence-electron chi connectivity index (χ0n) is 8.24. The lowest BCUT2D eigenvalue weighted by Crippen LogP contribution is -2.22. The molecule has 2 rings (SSSR count). The Morgan fingerprint density at radius 2 is 1.93 bits per heavy atom. The maximum Gasteiger partial charge on any atom is 0.134 e. The molecule has 0 aliphatic heterocycles. The van der Waals surface area contributed by atoms with E-state index < -0.39 is 0 Å². The van der Waals surface area contributed by atoms with Crippen LogP contribution in [0.1, 0.15) is 39.5 Å². The first-order chi connectivity index (χ1) is 6.84. The van der Waals surface area contributed by atoms with Crippen molar-refractivity contribution in [2.75, 3.05) is 5.32 Å². The van der Waals surface area contributed by atoms with Crippen LogP contribution >= 0.6 is 0 Å². The Balaban J connectivity index is 0.00000112. The van der Waals surface area contributed by atoms with Gasteiger partial charge in [-0.25, -0.2) is 4.98 Å². The number of hydrogen-bond donors (Lipinski definition) is 2. The van der Waals surface area contributed by atoms with Crippen molar-refractivity contribution in [2.45, 2.75) is 45.6 Å². The third-order valence-electron chi connectivity index (χ3n) is 2.71. The minimum Gasteiger partial charge on any atom is -0.506 e. The minimum atomic E-state index is 0. The summed E-state index contributed by atoms with van der Waals surface area (Å²) in [7, 11) is 0. The summed E-state index contributed by atoms with van der Waals surface area (Å²) in [6.07, 6.45) is 7.95. The van der Waals surface area contributed by atoms with Crippen LogP contribution in [-0.2, 0) is 0 Å². The Labute approximate surface area is 91.5 Å². The summed E-state index contributed by atoms with van der Waals surface area (Å²) < 4.78 is 0. The van der Waals surface area contributed by atoms with Crippen LogP contribution < -0.4 is 5.32 Å². The van der Waals surface area contributed by atoms with Gasteiger partial charge in [0, 0.05) is 6.04 Å². The van der Waals surface area contributed by atoms with Gasteiger partial charge in [0.25, 0.3) is 0 Å². The van der Waals surface area contributed by atoms with E-state index in [2.05, 4.69) is 10.3 Å². The summed E-state index contributed by atoms with van der Waals surface area (Å²) in [5, 5.41) is 12.5. The predicted octanol–water partition coefficient (Wildman–Crippen LogP) is 3.17. The number of hydrogen-bond acceptors (Lipinski definition) is 3. The third kappa shape index (κ3) is 3.42. The third-order valence-corrected chi connectivity index (χ3v) is 2.71. The summed E-state index contributed by atoms with van der Waals surface area (Å²) in [5.74, 6) is 1.09. The van der Waals surface area contributed by atoms with Gasteiger partial charge in [-0.3, -0.25) is 0 Å². The number of rotatable bonds is 2. The van der Waals surface area contributed by atoms with E-state index in [0.717, 1.165) is 5.82 Å². The van der Waals surface area contributed by atoms with Crippen molar-refractivity contribution in [1.29, 1.82) is 0 Å². The zero-order chi connectivity index (χ0) is 9.80. The molecule has 1 aliphatic carbocycles. The maximum absolute atomic E-state index is 9.07. The Morgan fingerprint density at radius 3 is 2.53 bits per heavy atom. The van der Waals surface area contributed by atoms with Crippen molar-refractivity contribution >= 4 is 5.82 Å². The van der Waals surface area contributed by atoms with Gasteiger partial charge in [0.15, 0.2) is 0 Å². The highest BCUT2D eigenvalue weighted by atomic mass is 16.3. The molecule has 0 radical (unpaired) electrons. The van der Waals surface area contributed by atoms with Gasteiger partial charge in [0.05, 0.1) is 6.20 Å². The van der Waals surface area contributed by atoms with Crippen molar-refractivity contribution in [3.63, 3.8) is 0 Å². The number of aromatic nitrogens is 1. The molecule has 0 amide bonds. The topological polar surface area (TPSA) is 45.1 Å². The molecule has 1 heterocycles. The lowest BCUT2D eigenvalue weighted by Gasteiger charge is -2.23. The van der Waals surface area contributed by atoms with Crippen LogP contribution in [0.15, 0.2) is 18.3 Å². The largest absolute Gasteiger partial charge is 0.506 e. The molecule has 1 saturated carbocycles. The van der Waals surface area contributed by atoms with E-state index in [1.54, 1.807) is 6.07 Å². The zero-order valence-corrected chi connectivity index (χ0v) is 8.24. The van der Waals surface area contributed by atoms with Crippen LogP contribution in [0, 0.1) is 0 Å². The van der Waals surface area contributed by atoms with Crippen LogP contribution in [0.25, 0.3) is 0 Å². The van der Waals surface area contributed by atoms with Crippen molar-refractivity contribution < 1.29 is 5.11 Å². The summed E-state index contributed by atoms with van der Waals surface area (Å²) in [6, 6.07) is 4.06. The molecule has 1 aliphatic rings. The van der Waals surface area contributed by atoms with E-state index in [4.69, 9.17) is 5.11 Å². The van der Waals surface area contributed by atoms with E-state index in [0.29, 0.717) is 6.04 Å². The molecule has 3 nitrogen and oxygen atoms in total. The van der Waals surface area contributed by atoms with Crippen LogP contribution in [-0.4, -0.2) is 16.1 Å². The van der Waals surface area contributed by atoms with Gasteiger partial charge in [-0.05, 0) is 25.0 Å². The van der Waals surface area contributed by atoms with Gasteiger partial charge in [-0.1, -0.05) is 26.7 Å². The standard InChI is InChI=1S/C11H16N2O.CH4/c14-10-6-7-11(12-8-10)13-9-4-2-1-3-5-9;/h6-9,14H,1-5H2,(H,12,13);1H4. The molecular formula is C12H20N2O. The highest BCUT2D eigenvalue weighted by Gasteiger charge is 2.12. The fourth-order valence-corrected chi connectivity index (χ4v) is 1.93. The lowest BCUT2D eigenvalue weighted by molar-refractivity contribution is 0.460. The molecule has 1 fully saturated rings. The van der Waals surface area contributed by atoms with Gasteiger partial charge in [0.1, 0.15) is 11.6 Å². The van der Waals surface area contributed by atoms with Crippen LogP contribution in [0.3, 0.4) is 0 Å². The van der Waals surface area contributed by atoms with Gasteiger partial charge in [-0.2, -0.15) is 0 Å². The number of anilines is 1. The van der Waals surface area contributed by atoms with Gasteiger partial charge < -0.3 is 10.4 Å². The molecule has 0 aromatic carbocycles. The molecule has 0 unspecified atom stereocenters. The van der Waals surface area contributed by atoms with E-state index in [1.165, 1.54) is 38.3 Å². The summed E-state index contributed by atoms with van der Waals surface area (Å²) in [5.41, 5.74) is 0. The van der Waals surface area contributed by atoms with E-state index in [9.17, 15) is 0 Å². The van der Waals surface area contributed by atoms with Gasteiger partial charge >= 0.3 is 0 Å². The molecule has 84 valence electrons. The van der Waals surface area contributed by atoms with Gasteiger partial charge in [-0.15, -0.1) is 0 Å². The first-order valence-electron chi connectivity index (χ1n) is 5.26. The van der Waals surface area contributed by atoms with Crippen molar-refractivity contribution in [2.24, 2.45) is 0 Å². The van der Waals surface area contributed by atoms with E-state index in [1.807, 2.05) is 6.07 Å². The molecular weight excluding hydrogens is 188 g/mol. The molecule has 0 saturated heterocycles. The second-order valence-corrected chi connectivity index (χ2v) is 3.88. The van der Waals surface area contributed by atoms with Crippen molar-refractivity contribution in [3.05, 3.63) is 18.3 Å². The van der Waals surface area contributed by atoms with Crippen LogP contribution in [0.4, 0.5) is 5.82 Å². The average molecular weight is 208 g/mol. The van der Waals surface area contributed by atoms with E-state index >= 15 is 0 Å². The molecule has 0 bridgehead atoms. The fraction of sp³-hybridized carbons (Fsp3) is 0.583. The molecule has 1 aromatic rings. The highest BCUT2D eigenvalue weighted by Crippen LogP contribution is 2.21. The summed E-state index contributed by atoms with van der Waals surface area (Å²) in [4.78, 5) is 4.11. The monoisotopic (exact) mass is 208 g/mol. The first-order valence-corrected chi connectivity index (χ1v) is 5.26. The molecule has 1 aromatic heterocycles. The second-order valence-electron chi connectivity index (χ2n) is 3.88. The minimum absolute atomic E-state index is 0. The molecule has 0 spiro atoms. The van der Waals surface area contributed by atoms with Crippen LogP contribution in [0.5, 0.6) is 5.75 Å². The van der Waals surface area contributed by atoms with Gasteiger partial charge in [0.2, 0.25) is 0 Å². The second kappa shape index (κ2) is 5.59. The molecule has 0 atom stereocenters. The Bertz CT molecular complexity index is 278. The highest BCUT2D eigenvalue weighted by molar-refractivity contribution is 5.37.